The number of nitrogens with zero attached hydrogens (tertiary/aromatic N) is 1. The Labute approximate surface area is 131 Å². The summed E-state index contributed by atoms with van der Waals surface area (Å²) in [6.45, 7) is -0.363. The highest BCUT2D eigenvalue weighted by molar-refractivity contribution is 6.31. The minimum absolute atomic E-state index is 0.0166. The van der Waals surface area contributed by atoms with Crippen molar-refractivity contribution in [2.24, 2.45) is 0 Å². The molecular weight excluding hydrogens is 348 g/mol. The average molecular weight is 356 g/mol. The van der Waals surface area contributed by atoms with Gasteiger partial charge in [-0.15, -0.1) is 0 Å². The molecule has 0 atom stereocenters. The number of pyridine rings is 1. The molecule has 9 heteroatoms. The monoisotopic (exact) mass is 355 g/mol. The van der Waals surface area contributed by atoms with Crippen LogP contribution < -0.4 is 4.74 Å². The minimum Gasteiger partial charge on any atom is -0.487 e. The second-order valence-electron chi connectivity index (χ2n) is 4.46. The van der Waals surface area contributed by atoms with Crippen molar-refractivity contribution < 1.29 is 31.1 Å². The highest BCUT2D eigenvalue weighted by atomic mass is 35.5. The van der Waals surface area contributed by atoms with Crippen molar-refractivity contribution in [3.8, 4) is 5.75 Å². The predicted molar refractivity (Wildman–Crippen MR) is 70.0 cm³/mol. The van der Waals surface area contributed by atoms with E-state index in [-0.39, 0.29) is 23.1 Å². The molecule has 0 radical (unpaired) electrons. The summed E-state index contributed by atoms with van der Waals surface area (Å²) >= 11 is 5.68. The van der Waals surface area contributed by atoms with Crippen molar-refractivity contribution >= 4 is 11.6 Å². The van der Waals surface area contributed by atoms with Crippen LogP contribution in [0.2, 0.25) is 5.02 Å². The van der Waals surface area contributed by atoms with Gasteiger partial charge in [-0.2, -0.15) is 26.3 Å². The van der Waals surface area contributed by atoms with E-state index in [0.717, 1.165) is 18.2 Å². The van der Waals surface area contributed by atoms with Gasteiger partial charge in [0.05, 0.1) is 21.8 Å². The molecule has 0 fully saturated rings. The van der Waals surface area contributed by atoms with Gasteiger partial charge in [0.15, 0.2) is 0 Å². The molecule has 0 aliphatic carbocycles. The van der Waals surface area contributed by atoms with Gasteiger partial charge < -0.3 is 4.74 Å². The molecule has 124 valence electrons. The molecule has 0 unspecified atom stereocenters. The number of hydrogen-bond donors (Lipinski definition) is 0. The number of rotatable bonds is 3. The average Bonchev–Trinajstić information content (AvgIpc) is 2.44. The molecule has 1 aromatic heterocycles. The molecule has 1 aromatic carbocycles. The molecule has 0 spiro atoms. The molecule has 0 amide bonds. The van der Waals surface area contributed by atoms with Gasteiger partial charge >= 0.3 is 12.4 Å². The Morgan fingerprint density at radius 2 is 1.61 bits per heavy atom. The third-order valence-corrected chi connectivity index (χ3v) is 3.11. The summed E-state index contributed by atoms with van der Waals surface area (Å²) in [6, 6.07) is 4.76. The molecule has 0 saturated carbocycles. The molecule has 23 heavy (non-hydrogen) atoms. The van der Waals surface area contributed by atoms with Crippen LogP contribution in [-0.2, 0) is 19.0 Å². The Balaban J connectivity index is 2.13. The zero-order chi connectivity index (χ0) is 17.3. The summed E-state index contributed by atoms with van der Waals surface area (Å²) < 4.78 is 80.2. The van der Waals surface area contributed by atoms with Crippen LogP contribution in [0.3, 0.4) is 0 Å². The fourth-order valence-corrected chi connectivity index (χ4v) is 1.86. The van der Waals surface area contributed by atoms with Crippen molar-refractivity contribution in [2.45, 2.75) is 19.0 Å². The maximum Gasteiger partial charge on any atom is 0.417 e. The Hall–Kier alpha value is -1.96. The molecule has 0 aliphatic rings. The largest absolute Gasteiger partial charge is 0.487 e. The first-order valence-corrected chi connectivity index (χ1v) is 6.47. The van der Waals surface area contributed by atoms with E-state index in [1.807, 2.05) is 0 Å². The Kier molecular flexibility index (Phi) is 4.74. The molecule has 0 saturated heterocycles. The van der Waals surface area contributed by atoms with Crippen LogP contribution in [0.25, 0.3) is 0 Å². The Bertz CT molecular complexity index is 698. The van der Waals surface area contributed by atoms with Gasteiger partial charge in [-0.05, 0) is 24.3 Å². The Morgan fingerprint density at radius 1 is 0.957 bits per heavy atom. The lowest BCUT2D eigenvalue weighted by atomic mass is 10.2. The van der Waals surface area contributed by atoms with E-state index in [1.54, 1.807) is 0 Å². The minimum atomic E-state index is -4.59. The molecule has 0 bridgehead atoms. The van der Waals surface area contributed by atoms with E-state index >= 15 is 0 Å². The van der Waals surface area contributed by atoms with Crippen LogP contribution in [0.15, 0.2) is 36.5 Å². The number of alkyl halides is 6. The van der Waals surface area contributed by atoms with Crippen LogP contribution in [0.1, 0.15) is 16.8 Å². The highest BCUT2D eigenvalue weighted by Crippen LogP contribution is 2.33. The molecule has 0 N–H and O–H groups in total. The lowest BCUT2D eigenvalue weighted by Crippen LogP contribution is -2.08. The SMILES string of the molecule is FC(F)(F)c1cccc(OCc2ncc(C(F)(F)F)cc2Cl)c1. The number of benzene rings is 1. The summed E-state index contributed by atoms with van der Waals surface area (Å²) in [6.07, 6.45) is -8.53. The van der Waals surface area contributed by atoms with Crippen molar-refractivity contribution in [2.75, 3.05) is 0 Å². The second-order valence-corrected chi connectivity index (χ2v) is 4.87. The van der Waals surface area contributed by atoms with E-state index in [1.165, 1.54) is 6.07 Å². The lowest BCUT2D eigenvalue weighted by Gasteiger charge is -2.12. The lowest BCUT2D eigenvalue weighted by molar-refractivity contribution is -0.138. The third-order valence-electron chi connectivity index (χ3n) is 2.78. The summed E-state index contributed by atoms with van der Waals surface area (Å²) in [5.74, 6) is -0.0995. The Morgan fingerprint density at radius 3 is 2.17 bits per heavy atom. The van der Waals surface area contributed by atoms with Gasteiger partial charge in [0.25, 0.3) is 0 Å². The van der Waals surface area contributed by atoms with Gasteiger partial charge in [0, 0.05) is 6.20 Å². The van der Waals surface area contributed by atoms with Gasteiger partial charge in [0.1, 0.15) is 12.4 Å². The number of ether oxygens (including phenoxy) is 1. The first kappa shape index (κ1) is 17.4. The van der Waals surface area contributed by atoms with Crippen LogP contribution in [-0.4, -0.2) is 4.98 Å². The summed E-state index contributed by atoms with van der Waals surface area (Å²) in [4.78, 5) is 3.53. The molecule has 1 heterocycles. The van der Waals surface area contributed by atoms with E-state index in [2.05, 4.69) is 4.98 Å². The van der Waals surface area contributed by atoms with Crippen molar-refractivity contribution in [3.05, 3.63) is 58.4 Å². The third kappa shape index (κ3) is 4.51. The standard InChI is InChI=1S/C14H8ClF6NO/c15-11-5-9(14(19,20)21)6-22-12(11)7-23-10-3-1-2-8(4-10)13(16,17)18/h1-6H,7H2. The summed E-state index contributed by atoms with van der Waals surface area (Å²) in [7, 11) is 0. The summed E-state index contributed by atoms with van der Waals surface area (Å²) in [5, 5.41) is -0.285. The highest BCUT2D eigenvalue weighted by Gasteiger charge is 2.32. The number of aromatic nitrogens is 1. The maximum atomic E-state index is 12.6. The van der Waals surface area contributed by atoms with E-state index < -0.39 is 23.5 Å². The molecule has 2 rings (SSSR count). The van der Waals surface area contributed by atoms with Gasteiger partial charge in [0.2, 0.25) is 0 Å². The second kappa shape index (κ2) is 6.27. The summed E-state index contributed by atoms with van der Waals surface area (Å²) in [5.41, 5.74) is -1.94. The first-order valence-electron chi connectivity index (χ1n) is 6.09. The normalized spacial score (nSPS) is 12.3. The van der Waals surface area contributed by atoms with Crippen molar-refractivity contribution in [3.63, 3.8) is 0 Å². The van der Waals surface area contributed by atoms with Gasteiger partial charge in [-0.1, -0.05) is 17.7 Å². The quantitative estimate of drug-likeness (QED) is 0.692. The molecule has 2 nitrogen and oxygen atoms in total. The van der Waals surface area contributed by atoms with Gasteiger partial charge in [-0.3, -0.25) is 4.98 Å². The van der Waals surface area contributed by atoms with Crippen LogP contribution in [0, 0.1) is 0 Å². The number of halogens is 7. The molecule has 0 aliphatic heterocycles. The van der Waals surface area contributed by atoms with E-state index in [9.17, 15) is 26.3 Å². The zero-order valence-corrected chi connectivity index (χ0v) is 11.9. The molecule has 2 aromatic rings. The number of hydrogen-bond acceptors (Lipinski definition) is 2. The smallest absolute Gasteiger partial charge is 0.417 e. The van der Waals surface area contributed by atoms with Crippen molar-refractivity contribution in [1.29, 1.82) is 0 Å². The van der Waals surface area contributed by atoms with Crippen molar-refractivity contribution in [1.82, 2.24) is 4.98 Å². The van der Waals surface area contributed by atoms with Crippen LogP contribution in [0.4, 0.5) is 26.3 Å². The topological polar surface area (TPSA) is 22.1 Å². The fraction of sp³-hybridized carbons (Fsp3) is 0.214. The fourth-order valence-electron chi connectivity index (χ4n) is 1.64. The maximum absolute atomic E-state index is 12.6. The zero-order valence-electron chi connectivity index (χ0n) is 11.2. The van der Waals surface area contributed by atoms with Crippen LogP contribution >= 0.6 is 11.6 Å². The molecular formula is C14H8ClF6NO. The van der Waals surface area contributed by atoms with E-state index in [4.69, 9.17) is 16.3 Å². The van der Waals surface area contributed by atoms with Gasteiger partial charge in [-0.25, -0.2) is 0 Å². The first-order chi connectivity index (χ1) is 10.6. The predicted octanol–water partition coefficient (Wildman–Crippen LogP) is 5.35. The van der Waals surface area contributed by atoms with E-state index in [0.29, 0.717) is 12.3 Å². The van der Waals surface area contributed by atoms with Crippen LogP contribution in [0.5, 0.6) is 5.75 Å².